The fourth-order valence-corrected chi connectivity index (χ4v) is 11.6. The Labute approximate surface area is 440 Å². The minimum atomic E-state index is -1.26. The van der Waals surface area contributed by atoms with Crippen LogP contribution < -0.4 is 5.73 Å². The van der Waals surface area contributed by atoms with Gasteiger partial charge in [0.05, 0.1) is 30.8 Å². The molecular formula is C60H87NO13. The van der Waals surface area contributed by atoms with Gasteiger partial charge in [-0.2, -0.15) is 0 Å². The van der Waals surface area contributed by atoms with Crippen molar-refractivity contribution >= 4 is 29.8 Å². The number of unbranched alkanes of at least 4 members (excludes halogenated alkanes) is 11. The van der Waals surface area contributed by atoms with Gasteiger partial charge in [-0.25, -0.2) is 4.79 Å². The number of nitrogens with two attached hydrogens (primary N) is 1. The van der Waals surface area contributed by atoms with E-state index in [0.29, 0.717) is 50.0 Å². The lowest BCUT2D eigenvalue weighted by molar-refractivity contribution is -0.231. The van der Waals surface area contributed by atoms with Crippen LogP contribution in [0.2, 0.25) is 0 Å². The zero-order chi connectivity index (χ0) is 53.7. The summed E-state index contributed by atoms with van der Waals surface area (Å²) in [6.07, 6.45) is 20.7. The number of carbonyl (C=O) groups is 5. The lowest BCUT2D eigenvalue weighted by Gasteiger charge is -2.60. The average molecular weight is 1030 g/mol. The van der Waals surface area contributed by atoms with Gasteiger partial charge < -0.3 is 44.4 Å². The Kier molecular flexibility index (Phi) is 24.3. The van der Waals surface area contributed by atoms with Crippen molar-refractivity contribution in [3.8, 4) is 0 Å². The van der Waals surface area contributed by atoms with Crippen LogP contribution in [0.25, 0.3) is 0 Å². The van der Waals surface area contributed by atoms with Crippen molar-refractivity contribution in [2.45, 2.75) is 200 Å². The van der Waals surface area contributed by atoms with Gasteiger partial charge in [-0.05, 0) is 118 Å². The van der Waals surface area contributed by atoms with Crippen molar-refractivity contribution in [3.05, 3.63) is 95.1 Å². The number of hydrogen-bond acceptors (Lipinski definition) is 12. The maximum Gasteiger partial charge on any atom is 0.505 e. The number of aryl methyl sites for hydroxylation is 1. The first-order chi connectivity index (χ1) is 35.5. The molecule has 2 bridgehead atoms. The SMILES string of the molecule is CC(=O)OC1C(=O)C2(C)C(O)CC3OCC3C2CC2C[C@H](OC(=O)CCc3ccccc3)C(C)=C1C2(C)C.CCCCCCCC/C=C\CCCCCCCC1OCC(COC(=O)O)O1.NC(=O)c1ccccc1. The molecular weight excluding hydrogens is 943 g/mol. The molecule has 2 heterocycles. The van der Waals surface area contributed by atoms with Crippen LogP contribution >= 0.6 is 0 Å². The summed E-state index contributed by atoms with van der Waals surface area (Å²) in [5.74, 6) is -1.35. The molecule has 0 radical (unpaired) electrons. The number of aliphatic hydroxyl groups excluding tert-OH is 1. The predicted octanol–water partition coefficient (Wildman–Crippen LogP) is 11.4. The van der Waals surface area contributed by atoms with Crippen molar-refractivity contribution < 1.29 is 62.6 Å². The predicted molar refractivity (Wildman–Crippen MR) is 283 cm³/mol. The number of Topliss-reactive ketones (excluding diaryl/α,β-unsaturated/α-hetero) is 1. The number of hydrogen-bond donors (Lipinski definition) is 3. The number of amides is 1. The van der Waals surface area contributed by atoms with Crippen LogP contribution in [0.5, 0.6) is 0 Å². The number of ketones is 1. The van der Waals surface area contributed by atoms with Crippen LogP contribution in [-0.2, 0) is 49.2 Å². The molecule has 3 aliphatic carbocycles. The quantitative estimate of drug-likeness (QED) is 0.0410. The minimum absolute atomic E-state index is 0.0538. The summed E-state index contributed by atoms with van der Waals surface area (Å²) in [5, 5.41) is 19.8. The monoisotopic (exact) mass is 1030 g/mol. The van der Waals surface area contributed by atoms with E-state index < -0.39 is 41.3 Å². The summed E-state index contributed by atoms with van der Waals surface area (Å²) in [6.45, 7) is 12.6. The van der Waals surface area contributed by atoms with E-state index >= 15 is 0 Å². The molecule has 0 spiro atoms. The molecule has 7 rings (SSSR count). The number of aliphatic hydroxyl groups is 1. The summed E-state index contributed by atoms with van der Waals surface area (Å²) < 4.78 is 33.3. The molecule has 2 saturated heterocycles. The highest BCUT2D eigenvalue weighted by atomic mass is 16.7. The zero-order valence-electron chi connectivity index (χ0n) is 45.1. The van der Waals surface area contributed by atoms with E-state index in [1.165, 1.54) is 84.0 Å². The van der Waals surface area contributed by atoms with Crippen molar-refractivity contribution in [1.29, 1.82) is 0 Å². The average Bonchev–Trinajstić information content (AvgIpc) is 3.83. The van der Waals surface area contributed by atoms with Crippen LogP contribution in [0.1, 0.15) is 173 Å². The van der Waals surface area contributed by atoms with Gasteiger partial charge in [0.2, 0.25) is 5.91 Å². The summed E-state index contributed by atoms with van der Waals surface area (Å²) in [6, 6.07) is 18.6. The summed E-state index contributed by atoms with van der Waals surface area (Å²) in [5.41, 5.74) is 6.58. The molecule has 410 valence electrons. The van der Waals surface area contributed by atoms with E-state index in [-0.39, 0.29) is 66.9 Å². The lowest BCUT2D eigenvalue weighted by atomic mass is 9.48. The molecule has 5 aliphatic rings. The molecule has 14 heteroatoms. The second-order valence-corrected chi connectivity index (χ2v) is 21.7. The molecule has 1 amide bonds. The van der Waals surface area contributed by atoms with Crippen molar-refractivity contribution in [1.82, 2.24) is 0 Å². The van der Waals surface area contributed by atoms with Gasteiger partial charge >= 0.3 is 18.1 Å². The number of carbonyl (C=O) groups excluding carboxylic acids is 4. The van der Waals surface area contributed by atoms with Crippen LogP contribution in [0.4, 0.5) is 4.79 Å². The number of primary amides is 1. The molecule has 0 aromatic heterocycles. The highest BCUT2D eigenvalue weighted by molar-refractivity contribution is 5.94. The Morgan fingerprint density at radius 1 is 0.797 bits per heavy atom. The fraction of sp³-hybridized carbons (Fsp3) is 0.650. The summed E-state index contributed by atoms with van der Waals surface area (Å²) >= 11 is 0. The third kappa shape index (κ3) is 17.3. The maximum absolute atomic E-state index is 14.4. The van der Waals surface area contributed by atoms with Gasteiger partial charge in [0, 0.05) is 31.2 Å². The third-order valence-corrected chi connectivity index (χ3v) is 16.1. The van der Waals surface area contributed by atoms with Gasteiger partial charge in [0.15, 0.2) is 18.2 Å². The molecule has 14 nitrogen and oxygen atoms in total. The van der Waals surface area contributed by atoms with Crippen LogP contribution in [0, 0.1) is 28.6 Å². The topological polar surface area (TPSA) is 207 Å². The Morgan fingerprint density at radius 3 is 2.00 bits per heavy atom. The number of esters is 2. The molecule has 74 heavy (non-hydrogen) atoms. The number of fused-ring (bicyclic) bond motifs is 5. The van der Waals surface area contributed by atoms with E-state index in [1.54, 1.807) is 24.3 Å². The number of allylic oxidation sites excluding steroid dienone is 2. The normalized spacial score (nSPS) is 27.6. The molecule has 2 aromatic rings. The Hall–Kier alpha value is -4.89. The first-order valence-corrected chi connectivity index (χ1v) is 27.6. The highest BCUT2D eigenvalue weighted by Gasteiger charge is 2.64. The van der Waals surface area contributed by atoms with Gasteiger partial charge in [0.25, 0.3) is 0 Å². The Bertz CT molecular complexity index is 2140. The molecule has 4 fully saturated rings. The van der Waals surface area contributed by atoms with Gasteiger partial charge in [0.1, 0.15) is 18.8 Å². The molecule has 4 N–H and O–H groups in total. The minimum Gasteiger partial charge on any atom is -0.458 e. The number of benzene rings is 2. The van der Waals surface area contributed by atoms with Crippen molar-refractivity contribution in [3.63, 3.8) is 0 Å². The second-order valence-electron chi connectivity index (χ2n) is 21.7. The smallest absolute Gasteiger partial charge is 0.458 e. The zero-order valence-corrected chi connectivity index (χ0v) is 45.1. The van der Waals surface area contributed by atoms with E-state index in [9.17, 15) is 29.1 Å². The molecule has 2 saturated carbocycles. The first kappa shape index (κ1) is 60.0. The summed E-state index contributed by atoms with van der Waals surface area (Å²) in [4.78, 5) is 60.4. The van der Waals surface area contributed by atoms with E-state index in [2.05, 4.69) is 37.7 Å². The fourth-order valence-electron chi connectivity index (χ4n) is 11.6. The number of ether oxygens (including phenoxy) is 6. The summed E-state index contributed by atoms with van der Waals surface area (Å²) in [7, 11) is 0. The number of carboxylic acid groups (broad SMARTS) is 1. The standard InChI is InChI=1S/C31H40O7.C22H40O5.C7H7NO/c1-17-23(38-26(34)12-11-19-9-7-6-8-10-19)14-20-13-22-21-16-36-24(21)15-25(33)31(22,5)29(35)28(37-18(2)32)27(17)30(20,3)4;1-2-3-4-5-6-7-8-9-10-11-12-13-14-15-16-17-21-25-18-20(27-21)19-26-22(23)24;8-7(9)6-4-2-1-3-5-6/h6-10,20-25,28,33H,11-16H2,1-5H3;9-10,20-21H,2-8,11-19H2,1H3,(H,23,24);1-5H,(H2,8,9)/b;10-9-;/t20?,21?,22?,23-,24?,25?,28?,31?;;/m0../s1. The molecule has 9 unspecified atom stereocenters. The first-order valence-electron chi connectivity index (χ1n) is 27.6. The van der Waals surface area contributed by atoms with Crippen LogP contribution in [-0.4, -0.2) is 96.6 Å². The second kappa shape index (κ2) is 30.0. The van der Waals surface area contributed by atoms with Crippen molar-refractivity contribution in [2.24, 2.45) is 34.3 Å². The van der Waals surface area contributed by atoms with E-state index in [1.807, 2.05) is 50.2 Å². The van der Waals surface area contributed by atoms with Gasteiger partial charge in [-0.15, -0.1) is 0 Å². The maximum atomic E-state index is 14.4. The van der Waals surface area contributed by atoms with Crippen LogP contribution in [0.3, 0.4) is 0 Å². The van der Waals surface area contributed by atoms with Crippen molar-refractivity contribution in [2.75, 3.05) is 19.8 Å². The van der Waals surface area contributed by atoms with Crippen LogP contribution in [0.15, 0.2) is 84.0 Å². The van der Waals surface area contributed by atoms with E-state index in [4.69, 9.17) is 34.5 Å². The largest absolute Gasteiger partial charge is 0.505 e. The third-order valence-electron chi connectivity index (χ3n) is 16.1. The Balaban J connectivity index is 0.000000244. The van der Waals surface area contributed by atoms with E-state index in [0.717, 1.165) is 24.0 Å². The molecule has 2 aromatic carbocycles. The molecule has 10 atom stereocenters. The van der Waals surface area contributed by atoms with Gasteiger partial charge in [-0.3, -0.25) is 19.2 Å². The Morgan fingerprint density at radius 2 is 1.42 bits per heavy atom. The molecule has 2 aliphatic heterocycles. The lowest BCUT2D eigenvalue weighted by Crippen LogP contribution is -2.66. The highest BCUT2D eigenvalue weighted by Crippen LogP contribution is 2.60. The number of rotatable bonds is 23. The van der Waals surface area contributed by atoms with Gasteiger partial charge in [-0.1, -0.05) is 133 Å².